The summed E-state index contributed by atoms with van der Waals surface area (Å²) in [4.78, 5) is 12.1. The van der Waals surface area contributed by atoms with Gasteiger partial charge in [0, 0.05) is 11.8 Å². The van der Waals surface area contributed by atoms with Crippen molar-refractivity contribution >= 4 is 11.6 Å². The lowest BCUT2D eigenvalue weighted by atomic mass is 10.1. The summed E-state index contributed by atoms with van der Waals surface area (Å²) in [5.41, 5.74) is 2.90. The van der Waals surface area contributed by atoms with E-state index in [1.54, 1.807) is 0 Å². The van der Waals surface area contributed by atoms with Crippen LogP contribution in [-0.4, -0.2) is 19.1 Å². The van der Waals surface area contributed by atoms with Gasteiger partial charge in [0.1, 0.15) is 11.5 Å². The third-order valence-electron chi connectivity index (χ3n) is 3.57. The first-order valence-electron chi connectivity index (χ1n) is 8.31. The van der Waals surface area contributed by atoms with E-state index in [9.17, 15) is 4.79 Å². The van der Waals surface area contributed by atoms with Gasteiger partial charge in [-0.3, -0.25) is 4.79 Å². The lowest BCUT2D eigenvalue weighted by molar-refractivity contribution is -0.118. The van der Waals surface area contributed by atoms with Crippen molar-refractivity contribution in [3.05, 3.63) is 53.6 Å². The predicted octanol–water partition coefficient (Wildman–Crippen LogP) is 4.50. The molecular weight excluding hydrogens is 302 g/mol. The third-order valence-corrected chi connectivity index (χ3v) is 3.57. The van der Waals surface area contributed by atoms with Crippen LogP contribution >= 0.6 is 0 Å². The summed E-state index contributed by atoms with van der Waals surface area (Å²) in [6.45, 7) is 6.78. The van der Waals surface area contributed by atoms with Crippen LogP contribution in [0, 0.1) is 13.8 Å². The number of hydrogen-bond donors (Lipinski definition) is 1. The van der Waals surface area contributed by atoms with Crippen LogP contribution in [0.4, 0.5) is 5.69 Å². The standard InChI is InChI=1S/C20H25NO3/c1-4-5-11-23-18-8-6-7-17(13-18)21-20(22)14-24-19-10-9-15(2)12-16(19)3/h6-10,12-13H,4-5,11,14H2,1-3H3,(H,21,22). The molecule has 4 heteroatoms. The lowest BCUT2D eigenvalue weighted by Crippen LogP contribution is -2.20. The number of anilines is 1. The summed E-state index contributed by atoms with van der Waals surface area (Å²) in [5.74, 6) is 1.30. The van der Waals surface area contributed by atoms with Crippen LogP contribution in [0.3, 0.4) is 0 Å². The molecule has 0 unspecified atom stereocenters. The van der Waals surface area contributed by atoms with E-state index in [1.165, 1.54) is 5.56 Å². The molecule has 0 radical (unpaired) electrons. The molecule has 2 rings (SSSR count). The highest BCUT2D eigenvalue weighted by molar-refractivity contribution is 5.92. The smallest absolute Gasteiger partial charge is 0.262 e. The predicted molar refractivity (Wildman–Crippen MR) is 96.9 cm³/mol. The van der Waals surface area contributed by atoms with Gasteiger partial charge in [0.05, 0.1) is 6.61 Å². The molecule has 1 N–H and O–H groups in total. The second-order valence-electron chi connectivity index (χ2n) is 5.84. The summed E-state index contributed by atoms with van der Waals surface area (Å²) in [6.07, 6.45) is 2.10. The first-order valence-corrected chi connectivity index (χ1v) is 8.31. The van der Waals surface area contributed by atoms with E-state index in [1.807, 2.05) is 56.3 Å². The normalized spacial score (nSPS) is 10.3. The van der Waals surface area contributed by atoms with Gasteiger partial charge >= 0.3 is 0 Å². The van der Waals surface area contributed by atoms with E-state index < -0.39 is 0 Å². The second-order valence-corrected chi connectivity index (χ2v) is 5.84. The molecule has 0 saturated carbocycles. The Kier molecular flexibility index (Phi) is 6.67. The summed E-state index contributed by atoms with van der Waals surface area (Å²) >= 11 is 0. The van der Waals surface area contributed by atoms with Crippen LogP contribution in [0.25, 0.3) is 0 Å². The molecule has 0 atom stereocenters. The first kappa shape index (κ1) is 17.9. The van der Waals surface area contributed by atoms with E-state index in [-0.39, 0.29) is 12.5 Å². The van der Waals surface area contributed by atoms with Gasteiger partial charge in [-0.15, -0.1) is 0 Å². The van der Waals surface area contributed by atoms with Gasteiger partial charge < -0.3 is 14.8 Å². The highest BCUT2D eigenvalue weighted by Crippen LogP contribution is 2.20. The zero-order valence-corrected chi connectivity index (χ0v) is 14.6. The topological polar surface area (TPSA) is 47.6 Å². The summed E-state index contributed by atoms with van der Waals surface area (Å²) < 4.78 is 11.2. The molecule has 0 heterocycles. The van der Waals surface area contributed by atoms with Crippen molar-refractivity contribution in [3.63, 3.8) is 0 Å². The highest BCUT2D eigenvalue weighted by Gasteiger charge is 2.06. The minimum Gasteiger partial charge on any atom is -0.494 e. The quantitative estimate of drug-likeness (QED) is 0.726. The minimum absolute atomic E-state index is 0.0230. The number of amides is 1. The number of nitrogens with one attached hydrogen (secondary N) is 1. The van der Waals surface area contributed by atoms with Gasteiger partial charge in [-0.05, 0) is 44.0 Å². The number of carbonyl (C=O) groups is 1. The van der Waals surface area contributed by atoms with Crippen LogP contribution in [0.15, 0.2) is 42.5 Å². The molecular formula is C20H25NO3. The van der Waals surface area contributed by atoms with E-state index in [4.69, 9.17) is 9.47 Å². The second kappa shape index (κ2) is 8.96. The van der Waals surface area contributed by atoms with Crippen molar-refractivity contribution in [3.8, 4) is 11.5 Å². The Bertz CT molecular complexity index is 682. The Labute approximate surface area is 143 Å². The zero-order valence-electron chi connectivity index (χ0n) is 14.6. The fourth-order valence-electron chi connectivity index (χ4n) is 2.30. The molecule has 0 fully saturated rings. The molecule has 2 aromatic rings. The third kappa shape index (κ3) is 5.61. The van der Waals surface area contributed by atoms with Crippen LogP contribution < -0.4 is 14.8 Å². The van der Waals surface area contributed by atoms with Gasteiger partial charge in [-0.1, -0.05) is 37.1 Å². The number of unbranched alkanes of at least 4 members (excludes halogenated alkanes) is 1. The number of ether oxygens (including phenoxy) is 2. The first-order chi connectivity index (χ1) is 11.6. The number of benzene rings is 2. The van der Waals surface area contributed by atoms with Crippen molar-refractivity contribution in [2.75, 3.05) is 18.5 Å². The van der Waals surface area contributed by atoms with Gasteiger partial charge in [-0.2, -0.15) is 0 Å². The fraction of sp³-hybridized carbons (Fsp3) is 0.350. The summed E-state index contributed by atoms with van der Waals surface area (Å²) in [7, 11) is 0. The van der Waals surface area contributed by atoms with Gasteiger partial charge in [0.2, 0.25) is 0 Å². The average molecular weight is 327 g/mol. The van der Waals surface area contributed by atoms with Crippen molar-refractivity contribution in [1.29, 1.82) is 0 Å². The van der Waals surface area contributed by atoms with Crippen LogP contribution in [0.2, 0.25) is 0 Å². The lowest BCUT2D eigenvalue weighted by Gasteiger charge is -2.11. The molecule has 0 aliphatic heterocycles. The van der Waals surface area contributed by atoms with E-state index in [0.717, 1.165) is 29.9 Å². The maximum Gasteiger partial charge on any atom is 0.262 e. The molecule has 4 nitrogen and oxygen atoms in total. The minimum atomic E-state index is -0.194. The van der Waals surface area contributed by atoms with Gasteiger partial charge in [-0.25, -0.2) is 0 Å². The zero-order chi connectivity index (χ0) is 17.4. The Hall–Kier alpha value is -2.49. The van der Waals surface area contributed by atoms with E-state index >= 15 is 0 Å². The maximum absolute atomic E-state index is 12.1. The number of carbonyl (C=O) groups excluding carboxylic acids is 1. The molecule has 128 valence electrons. The molecule has 0 aliphatic rings. The monoisotopic (exact) mass is 327 g/mol. The van der Waals surface area contributed by atoms with E-state index in [0.29, 0.717) is 12.3 Å². The maximum atomic E-state index is 12.1. The Morgan fingerprint density at radius 2 is 1.92 bits per heavy atom. The van der Waals surface area contributed by atoms with Crippen molar-refractivity contribution in [2.24, 2.45) is 0 Å². The van der Waals surface area contributed by atoms with Crippen molar-refractivity contribution in [2.45, 2.75) is 33.6 Å². The number of hydrogen-bond acceptors (Lipinski definition) is 3. The Morgan fingerprint density at radius 1 is 1.08 bits per heavy atom. The summed E-state index contributed by atoms with van der Waals surface area (Å²) in [5, 5.41) is 2.83. The number of aryl methyl sites for hydroxylation is 2. The average Bonchev–Trinajstić information content (AvgIpc) is 2.55. The molecule has 24 heavy (non-hydrogen) atoms. The summed E-state index contributed by atoms with van der Waals surface area (Å²) in [6, 6.07) is 13.3. The Balaban J connectivity index is 1.86. The van der Waals surface area contributed by atoms with Gasteiger partial charge in [0.15, 0.2) is 6.61 Å². The van der Waals surface area contributed by atoms with E-state index in [2.05, 4.69) is 12.2 Å². The highest BCUT2D eigenvalue weighted by atomic mass is 16.5. The molecule has 0 aromatic heterocycles. The Morgan fingerprint density at radius 3 is 2.67 bits per heavy atom. The molecule has 0 spiro atoms. The fourth-order valence-corrected chi connectivity index (χ4v) is 2.30. The molecule has 1 amide bonds. The molecule has 0 aliphatic carbocycles. The largest absolute Gasteiger partial charge is 0.494 e. The van der Waals surface area contributed by atoms with Gasteiger partial charge in [0.25, 0.3) is 5.91 Å². The van der Waals surface area contributed by atoms with Crippen LogP contribution in [0.5, 0.6) is 11.5 Å². The molecule has 0 bridgehead atoms. The van der Waals surface area contributed by atoms with Crippen molar-refractivity contribution < 1.29 is 14.3 Å². The van der Waals surface area contributed by atoms with Crippen LogP contribution in [-0.2, 0) is 4.79 Å². The number of rotatable bonds is 8. The van der Waals surface area contributed by atoms with Crippen molar-refractivity contribution in [1.82, 2.24) is 0 Å². The molecule has 2 aromatic carbocycles. The van der Waals surface area contributed by atoms with Crippen LogP contribution in [0.1, 0.15) is 30.9 Å². The molecule has 0 saturated heterocycles. The SMILES string of the molecule is CCCCOc1cccc(NC(=O)COc2ccc(C)cc2C)c1.